The summed E-state index contributed by atoms with van der Waals surface area (Å²) in [5, 5.41) is 7.24. The van der Waals surface area contributed by atoms with E-state index in [2.05, 4.69) is 15.3 Å². The highest BCUT2D eigenvalue weighted by atomic mass is 32.2. The van der Waals surface area contributed by atoms with Crippen LogP contribution in [0.5, 0.6) is 0 Å². The van der Waals surface area contributed by atoms with Crippen LogP contribution in [0.1, 0.15) is 48.5 Å². The molecule has 2 aliphatic heterocycles. The Labute approximate surface area is 166 Å². The van der Waals surface area contributed by atoms with Gasteiger partial charge in [-0.3, -0.25) is 4.90 Å². The largest absolute Gasteiger partial charge is 0.308 e. The lowest BCUT2D eigenvalue weighted by Crippen LogP contribution is -2.45. The van der Waals surface area contributed by atoms with E-state index in [0.717, 1.165) is 27.8 Å². The van der Waals surface area contributed by atoms with E-state index in [1.807, 2.05) is 0 Å². The molecule has 0 amide bonds. The Morgan fingerprint density at radius 2 is 1.76 bits per heavy atom. The summed E-state index contributed by atoms with van der Waals surface area (Å²) in [5.41, 5.74) is 1.85. The molecule has 2 atom stereocenters. The fourth-order valence-corrected chi connectivity index (χ4v) is 5.81. The van der Waals surface area contributed by atoms with Crippen molar-refractivity contribution in [2.45, 2.75) is 56.1 Å². The monoisotopic (exact) mass is 426 g/mol. The molecule has 2 fully saturated rings. The molecule has 1 saturated carbocycles. The number of aromatic nitrogens is 2. The van der Waals surface area contributed by atoms with Crippen LogP contribution in [0.2, 0.25) is 0 Å². The minimum atomic E-state index is -3.35. The Morgan fingerprint density at radius 3 is 2.41 bits per heavy atom. The SMILES string of the molecule is O=S(=O)(C1CC1)n1cc2c(n1)CN(C1CCC(c3cc(F)c(F)cc3F)NC1)C2. The lowest BCUT2D eigenvalue weighted by molar-refractivity contribution is 0.149. The quantitative estimate of drug-likeness (QED) is 0.761. The Kier molecular flexibility index (Phi) is 4.48. The molecule has 1 aliphatic carbocycles. The highest BCUT2D eigenvalue weighted by Gasteiger charge is 2.39. The van der Waals surface area contributed by atoms with E-state index in [-0.39, 0.29) is 22.9 Å². The summed E-state index contributed by atoms with van der Waals surface area (Å²) >= 11 is 0. The number of nitrogens with zero attached hydrogens (tertiary/aromatic N) is 3. The van der Waals surface area contributed by atoms with E-state index in [4.69, 9.17) is 0 Å². The van der Waals surface area contributed by atoms with Gasteiger partial charge in [0, 0.05) is 55.1 Å². The average Bonchev–Trinajstić information content (AvgIpc) is 3.36. The van der Waals surface area contributed by atoms with Gasteiger partial charge < -0.3 is 5.32 Å². The van der Waals surface area contributed by atoms with E-state index in [1.54, 1.807) is 6.20 Å². The third-order valence-electron chi connectivity index (χ3n) is 6.11. The number of benzene rings is 1. The summed E-state index contributed by atoms with van der Waals surface area (Å²) in [6.07, 6.45) is 4.38. The van der Waals surface area contributed by atoms with Gasteiger partial charge in [0.2, 0.25) is 0 Å². The van der Waals surface area contributed by atoms with Gasteiger partial charge in [-0.25, -0.2) is 21.6 Å². The van der Waals surface area contributed by atoms with Gasteiger partial charge >= 0.3 is 0 Å². The third kappa shape index (κ3) is 3.36. The van der Waals surface area contributed by atoms with Gasteiger partial charge in [0.05, 0.1) is 10.9 Å². The molecule has 3 aliphatic rings. The van der Waals surface area contributed by atoms with Crippen LogP contribution in [0.4, 0.5) is 13.2 Å². The Hall–Kier alpha value is -1.91. The molecule has 29 heavy (non-hydrogen) atoms. The number of halogens is 3. The van der Waals surface area contributed by atoms with Crippen LogP contribution < -0.4 is 5.32 Å². The van der Waals surface area contributed by atoms with Gasteiger partial charge in [-0.05, 0) is 31.7 Å². The molecule has 2 aromatic rings. The van der Waals surface area contributed by atoms with Crippen molar-refractivity contribution in [2.75, 3.05) is 6.54 Å². The van der Waals surface area contributed by atoms with E-state index in [9.17, 15) is 21.6 Å². The van der Waals surface area contributed by atoms with Crippen molar-refractivity contribution in [2.24, 2.45) is 0 Å². The van der Waals surface area contributed by atoms with Crippen LogP contribution >= 0.6 is 0 Å². The van der Waals surface area contributed by atoms with Crippen LogP contribution in [-0.2, 0) is 23.1 Å². The molecule has 1 saturated heterocycles. The normalized spacial score (nSPS) is 25.3. The molecular formula is C19H21F3N4O2S. The number of nitrogens with one attached hydrogen (secondary N) is 1. The predicted octanol–water partition coefficient (Wildman–Crippen LogP) is 2.45. The second kappa shape index (κ2) is 6.82. The first kappa shape index (κ1) is 19.1. The molecular weight excluding hydrogens is 405 g/mol. The molecule has 0 bridgehead atoms. The van der Waals surface area contributed by atoms with Crippen LogP contribution in [0, 0.1) is 17.5 Å². The van der Waals surface area contributed by atoms with Crippen molar-refractivity contribution >= 4 is 10.0 Å². The number of hydrogen-bond acceptors (Lipinski definition) is 5. The minimum absolute atomic E-state index is 0.147. The first-order valence-corrected chi connectivity index (χ1v) is 11.3. The fraction of sp³-hybridized carbons (Fsp3) is 0.526. The van der Waals surface area contributed by atoms with Crippen molar-refractivity contribution in [1.82, 2.24) is 19.4 Å². The molecule has 1 N–H and O–H groups in total. The lowest BCUT2D eigenvalue weighted by Gasteiger charge is -2.35. The van der Waals surface area contributed by atoms with Crippen molar-refractivity contribution in [3.05, 3.63) is 52.6 Å². The summed E-state index contributed by atoms with van der Waals surface area (Å²) in [6, 6.07) is 1.34. The second-order valence-electron chi connectivity index (χ2n) is 8.10. The summed E-state index contributed by atoms with van der Waals surface area (Å²) in [6.45, 7) is 1.76. The van der Waals surface area contributed by atoms with Crippen molar-refractivity contribution in [3.63, 3.8) is 0 Å². The molecule has 156 valence electrons. The second-order valence-corrected chi connectivity index (χ2v) is 10.2. The standard InChI is InChI=1S/C19H21F3N4O2S/c20-15-6-17(22)16(21)5-14(15)18-4-1-12(7-23-18)25-8-11-9-26(24-19(11)10-25)29(27,28)13-2-3-13/h5-6,9,12-13,18,23H,1-4,7-8,10H2. The highest BCUT2D eigenvalue weighted by Crippen LogP contribution is 2.34. The molecule has 10 heteroatoms. The fourth-order valence-electron chi connectivity index (χ4n) is 4.28. The summed E-state index contributed by atoms with van der Waals surface area (Å²) in [5.74, 6) is -2.98. The zero-order valence-corrected chi connectivity index (χ0v) is 16.4. The first-order valence-electron chi connectivity index (χ1n) is 9.76. The van der Waals surface area contributed by atoms with E-state index in [0.29, 0.717) is 45.0 Å². The Morgan fingerprint density at radius 1 is 1.00 bits per heavy atom. The number of piperidine rings is 1. The topological polar surface area (TPSA) is 67.2 Å². The maximum Gasteiger partial charge on any atom is 0.256 e. The first-order chi connectivity index (χ1) is 13.8. The summed E-state index contributed by atoms with van der Waals surface area (Å²) < 4.78 is 66.5. The van der Waals surface area contributed by atoms with Crippen molar-refractivity contribution < 1.29 is 21.6 Å². The van der Waals surface area contributed by atoms with E-state index >= 15 is 0 Å². The summed E-state index contributed by atoms with van der Waals surface area (Å²) in [4.78, 5) is 2.22. The zero-order chi connectivity index (χ0) is 20.3. The molecule has 6 nitrogen and oxygen atoms in total. The van der Waals surface area contributed by atoms with Crippen LogP contribution in [0.25, 0.3) is 0 Å². The highest BCUT2D eigenvalue weighted by molar-refractivity contribution is 7.90. The van der Waals surface area contributed by atoms with Crippen molar-refractivity contribution in [1.29, 1.82) is 0 Å². The lowest BCUT2D eigenvalue weighted by atomic mass is 9.94. The van der Waals surface area contributed by atoms with Crippen LogP contribution in [0.15, 0.2) is 18.3 Å². The molecule has 1 aromatic carbocycles. The van der Waals surface area contributed by atoms with Gasteiger partial charge in [0.1, 0.15) is 5.82 Å². The van der Waals surface area contributed by atoms with Crippen LogP contribution in [0.3, 0.4) is 0 Å². The van der Waals surface area contributed by atoms with Gasteiger partial charge in [-0.2, -0.15) is 9.19 Å². The molecule has 0 radical (unpaired) electrons. The Bertz CT molecular complexity index is 1040. The maximum atomic E-state index is 14.0. The van der Waals surface area contributed by atoms with Gasteiger partial charge in [-0.15, -0.1) is 0 Å². The molecule has 3 heterocycles. The van der Waals surface area contributed by atoms with Gasteiger partial charge in [-0.1, -0.05) is 0 Å². The van der Waals surface area contributed by atoms with Crippen LogP contribution in [-0.4, -0.2) is 40.3 Å². The number of hydrogen-bond donors (Lipinski definition) is 1. The minimum Gasteiger partial charge on any atom is -0.308 e. The number of rotatable bonds is 4. The van der Waals surface area contributed by atoms with Crippen molar-refractivity contribution in [3.8, 4) is 0 Å². The van der Waals surface area contributed by atoms with E-state index < -0.39 is 27.5 Å². The Balaban J connectivity index is 1.23. The number of fused-ring (bicyclic) bond motifs is 1. The third-order valence-corrected chi connectivity index (χ3v) is 8.13. The molecule has 1 aromatic heterocycles. The van der Waals surface area contributed by atoms with Gasteiger partial charge in [0.25, 0.3) is 10.0 Å². The summed E-state index contributed by atoms with van der Waals surface area (Å²) in [7, 11) is -3.35. The molecule has 5 rings (SSSR count). The maximum absolute atomic E-state index is 14.0. The average molecular weight is 426 g/mol. The molecule has 2 unspecified atom stereocenters. The van der Waals surface area contributed by atoms with Gasteiger partial charge in [0.15, 0.2) is 11.6 Å². The predicted molar refractivity (Wildman–Crippen MR) is 98.9 cm³/mol. The smallest absolute Gasteiger partial charge is 0.256 e. The zero-order valence-electron chi connectivity index (χ0n) is 15.6. The van der Waals surface area contributed by atoms with E-state index in [1.165, 1.54) is 0 Å². The molecule has 0 spiro atoms.